The molecule has 138 valence electrons. The Morgan fingerprint density at radius 3 is 2.85 bits per heavy atom. The van der Waals surface area contributed by atoms with Gasteiger partial charge in [-0.1, -0.05) is 23.7 Å². The standard InChI is InChI=1S/C19H19ClN6O/c1-12-22-18(23-26(12)16-5-3-2-4-14(16)20)19(27)24-9-8-17-15(10-24)21-11-25(17)13-6-7-13/h2-5,11,13H,6-10H2,1H3. The van der Waals surface area contributed by atoms with Gasteiger partial charge in [-0.25, -0.2) is 14.6 Å². The number of imidazole rings is 1. The van der Waals surface area contributed by atoms with Crippen molar-refractivity contribution in [3.63, 3.8) is 0 Å². The van der Waals surface area contributed by atoms with Gasteiger partial charge in [0.15, 0.2) is 0 Å². The molecule has 3 heterocycles. The SMILES string of the molecule is Cc1nc(C(=O)N2CCc3c(ncn3C3CC3)C2)nn1-c1ccccc1Cl. The highest BCUT2D eigenvalue weighted by molar-refractivity contribution is 6.32. The van der Waals surface area contributed by atoms with E-state index in [0.29, 0.717) is 35.7 Å². The van der Waals surface area contributed by atoms with Crippen LogP contribution in [0.5, 0.6) is 0 Å². The second-order valence-corrected chi connectivity index (χ2v) is 7.51. The molecule has 1 amide bonds. The molecule has 0 radical (unpaired) electrons. The number of amides is 1. The molecular weight excluding hydrogens is 364 g/mol. The van der Waals surface area contributed by atoms with E-state index in [2.05, 4.69) is 19.6 Å². The summed E-state index contributed by atoms with van der Waals surface area (Å²) in [6.07, 6.45) is 5.20. The van der Waals surface area contributed by atoms with Crippen molar-refractivity contribution in [2.24, 2.45) is 0 Å². The summed E-state index contributed by atoms with van der Waals surface area (Å²) >= 11 is 6.26. The first-order chi connectivity index (χ1) is 13.1. The van der Waals surface area contributed by atoms with Crippen molar-refractivity contribution in [3.8, 4) is 5.69 Å². The van der Waals surface area contributed by atoms with Gasteiger partial charge in [0.1, 0.15) is 5.82 Å². The van der Waals surface area contributed by atoms with E-state index in [1.807, 2.05) is 31.5 Å². The van der Waals surface area contributed by atoms with Gasteiger partial charge < -0.3 is 9.47 Å². The number of fused-ring (bicyclic) bond motifs is 1. The number of nitrogens with zero attached hydrogens (tertiary/aromatic N) is 6. The average Bonchev–Trinajstić information content (AvgIpc) is 3.32. The largest absolute Gasteiger partial charge is 0.331 e. The fourth-order valence-corrected chi connectivity index (χ4v) is 3.86. The molecule has 0 unspecified atom stereocenters. The fraction of sp³-hybridized carbons (Fsp3) is 0.368. The molecule has 0 bridgehead atoms. The molecular formula is C19H19ClN6O. The predicted octanol–water partition coefficient (Wildman–Crippen LogP) is 2.96. The van der Waals surface area contributed by atoms with Crippen molar-refractivity contribution < 1.29 is 4.79 Å². The molecule has 1 aliphatic heterocycles. The number of halogens is 1. The monoisotopic (exact) mass is 382 g/mol. The zero-order chi connectivity index (χ0) is 18.5. The van der Waals surface area contributed by atoms with Gasteiger partial charge in [0.2, 0.25) is 5.82 Å². The van der Waals surface area contributed by atoms with E-state index in [1.165, 1.54) is 18.5 Å². The Morgan fingerprint density at radius 2 is 2.07 bits per heavy atom. The number of carbonyl (C=O) groups is 1. The summed E-state index contributed by atoms with van der Waals surface area (Å²) in [4.78, 5) is 23.7. The Bertz CT molecular complexity index is 1030. The molecule has 0 saturated heterocycles. The average molecular weight is 383 g/mol. The van der Waals surface area contributed by atoms with Gasteiger partial charge in [0, 0.05) is 24.7 Å². The van der Waals surface area contributed by atoms with Gasteiger partial charge in [0.25, 0.3) is 5.91 Å². The topological polar surface area (TPSA) is 68.8 Å². The molecule has 1 saturated carbocycles. The smallest absolute Gasteiger partial charge is 0.293 e. The van der Waals surface area contributed by atoms with Crippen LogP contribution in [-0.4, -0.2) is 41.7 Å². The summed E-state index contributed by atoms with van der Waals surface area (Å²) in [6.45, 7) is 2.98. The highest BCUT2D eigenvalue weighted by Crippen LogP contribution is 2.37. The van der Waals surface area contributed by atoms with Crippen LogP contribution in [0.4, 0.5) is 0 Å². The maximum atomic E-state index is 13.0. The van der Waals surface area contributed by atoms with Crippen LogP contribution in [0.3, 0.4) is 0 Å². The van der Waals surface area contributed by atoms with Crippen molar-refractivity contribution in [1.29, 1.82) is 0 Å². The molecule has 1 aliphatic carbocycles. The second kappa shape index (κ2) is 6.20. The lowest BCUT2D eigenvalue weighted by Gasteiger charge is -2.26. The van der Waals surface area contributed by atoms with Gasteiger partial charge in [-0.05, 0) is 31.9 Å². The van der Waals surface area contributed by atoms with Crippen LogP contribution in [0, 0.1) is 6.92 Å². The van der Waals surface area contributed by atoms with Crippen LogP contribution >= 0.6 is 11.6 Å². The van der Waals surface area contributed by atoms with E-state index in [0.717, 1.165) is 12.1 Å². The third-order valence-corrected chi connectivity index (χ3v) is 5.53. The summed E-state index contributed by atoms with van der Waals surface area (Å²) in [6, 6.07) is 8.00. The number of aromatic nitrogens is 5. The Hall–Kier alpha value is -2.67. The molecule has 2 aliphatic rings. The van der Waals surface area contributed by atoms with Crippen LogP contribution in [0.2, 0.25) is 5.02 Å². The molecule has 3 aromatic rings. The predicted molar refractivity (Wildman–Crippen MR) is 100 cm³/mol. The van der Waals surface area contributed by atoms with Gasteiger partial charge in [0.05, 0.1) is 29.3 Å². The summed E-state index contributed by atoms with van der Waals surface area (Å²) in [5.74, 6) is 0.648. The van der Waals surface area contributed by atoms with Gasteiger partial charge in [-0.3, -0.25) is 4.79 Å². The number of rotatable bonds is 3. The van der Waals surface area contributed by atoms with Crippen molar-refractivity contribution in [3.05, 3.63) is 58.7 Å². The van der Waals surface area contributed by atoms with E-state index in [1.54, 1.807) is 15.6 Å². The summed E-state index contributed by atoms with van der Waals surface area (Å²) < 4.78 is 3.90. The number of carbonyl (C=O) groups excluding carboxylic acids is 1. The summed E-state index contributed by atoms with van der Waals surface area (Å²) in [7, 11) is 0. The minimum absolute atomic E-state index is 0.171. The quantitative estimate of drug-likeness (QED) is 0.698. The van der Waals surface area contributed by atoms with E-state index < -0.39 is 0 Å². The van der Waals surface area contributed by atoms with E-state index >= 15 is 0 Å². The fourth-order valence-electron chi connectivity index (χ4n) is 3.65. The van der Waals surface area contributed by atoms with E-state index in [9.17, 15) is 4.79 Å². The van der Waals surface area contributed by atoms with Crippen molar-refractivity contribution in [1.82, 2.24) is 29.2 Å². The van der Waals surface area contributed by atoms with E-state index in [-0.39, 0.29) is 11.7 Å². The molecule has 1 aromatic carbocycles. The number of hydrogen-bond donors (Lipinski definition) is 0. The third-order valence-electron chi connectivity index (χ3n) is 5.21. The number of aryl methyl sites for hydroxylation is 1. The molecule has 27 heavy (non-hydrogen) atoms. The lowest BCUT2D eigenvalue weighted by atomic mass is 10.1. The van der Waals surface area contributed by atoms with Crippen molar-refractivity contribution in [2.45, 2.75) is 38.8 Å². The molecule has 2 aromatic heterocycles. The van der Waals surface area contributed by atoms with E-state index in [4.69, 9.17) is 11.6 Å². The second-order valence-electron chi connectivity index (χ2n) is 7.10. The Labute approximate surface area is 161 Å². The normalized spacial score (nSPS) is 16.4. The zero-order valence-corrected chi connectivity index (χ0v) is 15.7. The highest BCUT2D eigenvalue weighted by Gasteiger charge is 2.32. The maximum absolute atomic E-state index is 13.0. The molecule has 0 atom stereocenters. The molecule has 1 fully saturated rings. The molecule has 0 N–H and O–H groups in total. The van der Waals surface area contributed by atoms with Crippen LogP contribution < -0.4 is 0 Å². The van der Waals surface area contributed by atoms with Gasteiger partial charge in [-0.15, -0.1) is 5.10 Å². The van der Waals surface area contributed by atoms with Gasteiger partial charge in [-0.2, -0.15) is 0 Å². The zero-order valence-electron chi connectivity index (χ0n) is 15.0. The number of benzene rings is 1. The molecule has 7 nitrogen and oxygen atoms in total. The molecule has 5 rings (SSSR count). The first-order valence-corrected chi connectivity index (χ1v) is 9.52. The minimum Gasteiger partial charge on any atom is -0.331 e. The Kier molecular flexibility index (Phi) is 3.79. The Morgan fingerprint density at radius 1 is 1.26 bits per heavy atom. The lowest BCUT2D eigenvalue weighted by molar-refractivity contribution is 0.0718. The van der Waals surface area contributed by atoms with Gasteiger partial charge >= 0.3 is 0 Å². The minimum atomic E-state index is -0.171. The van der Waals surface area contributed by atoms with Crippen LogP contribution in [0.15, 0.2) is 30.6 Å². The van der Waals surface area contributed by atoms with Crippen molar-refractivity contribution >= 4 is 17.5 Å². The molecule has 0 spiro atoms. The Balaban J connectivity index is 1.40. The van der Waals surface area contributed by atoms with Crippen LogP contribution in [0.1, 0.15) is 46.7 Å². The summed E-state index contributed by atoms with van der Waals surface area (Å²) in [5, 5.41) is 4.99. The number of para-hydroxylation sites is 1. The van der Waals surface area contributed by atoms with Crippen LogP contribution in [-0.2, 0) is 13.0 Å². The van der Waals surface area contributed by atoms with Crippen LogP contribution in [0.25, 0.3) is 5.69 Å². The van der Waals surface area contributed by atoms with Crippen molar-refractivity contribution in [2.75, 3.05) is 6.54 Å². The third kappa shape index (κ3) is 2.82. The summed E-state index contributed by atoms with van der Waals surface area (Å²) in [5.41, 5.74) is 2.98. The molecule has 8 heteroatoms. The lowest BCUT2D eigenvalue weighted by Crippen LogP contribution is -2.37. The highest BCUT2D eigenvalue weighted by atomic mass is 35.5. The maximum Gasteiger partial charge on any atom is 0.293 e. The first-order valence-electron chi connectivity index (χ1n) is 9.14. The first kappa shape index (κ1) is 16.5. The number of hydrogen-bond acceptors (Lipinski definition) is 4.